The zero-order valence-electron chi connectivity index (χ0n) is 18.8. The van der Waals surface area contributed by atoms with Crippen molar-refractivity contribution in [3.05, 3.63) is 57.4 Å². The van der Waals surface area contributed by atoms with E-state index in [0.29, 0.717) is 40.3 Å². The van der Waals surface area contributed by atoms with E-state index in [0.717, 1.165) is 53.2 Å². The van der Waals surface area contributed by atoms with Gasteiger partial charge in [-0.25, -0.2) is 4.98 Å². The number of aromatic hydroxyl groups is 1. The molecule has 0 atom stereocenters. The first-order chi connectivity index (χ1) is 15.5. The van der Waals surface area contributed by atoms with Gasteiger partial charge in [0.1, 0.15) is 22.1 Å². The molecule has 1 aliphatic rings. The molecule has 0 saturated carbocycles. The van der Waals surface area contributed by atoms with Crippen LogP contribution in [0.3, 0.4) is 0 Å². The van der Waals surface area contributed by atoms with Crippen molar-refractivity contribution in [1.82, 2.24) is 9.88 Å². The van der Waals surface area contributed by atoms with Crippen LogP contribution in [0.2, 0.25) is 0 Å². The Hall–Kier alpha value is -2.70. The third-order valence-corrected chi connectivity index (χ3v) is 7.71. The van der Waals surface area contributed by atoms with Crippen molar-refractivity contribution >= 4 is 32.5 Å². The lowest BCUT2D eigenvalue weighted by Gasteiger charge is -2.30. The van der Waals surface area contributed by atoms with Crippen LogP contribution in [0.5, 0.6) is 5.75 Å². The van der Waals surface area contributed by atoms with Crippen LogP contribution in [0, 0.1) is 12.8 Å². The minimum atomic E-state index is -0.0778. The molecule has 0 unspecified atom stereocenters. The second kappa shape index (κ2) is 8.34. The van der Waals surface area contributed by atoms with E-state index >= 15 is 0 Å². The lowest BCUT2D eigenvalue weighted by molar-refractivity contribution is 0.183. The molecule has 0 aliphatic carbocycles. The molecular weight excluding hydrogens is 420 g/mol. The highest BCUT2D eigenvalue weighted by molar-refractivity contribution is 7.21. The molecule has 0 bridgehead atoms. The lowest BCUT2D eigenvalue weighted by atomic mass is 9.97. The van der Waals surface area contributed by atoms with Gasteiger partial charge in [0.25, 0.3) is 0 Å². The number of aryl methyl sites for hydroxylation is 2. The molecule has 3 heterocycles. The van der Waals surface area contributed by atoms with Crippen molar-refractivity contribution in [2.45, 2.75) is 46.6 Å². The number of thiazole rings is 1. The molecule has 1 fully saturated rings. The van der Waals surface area contributed by atoms with E-state index in [4.69, 9.17) is 9.40 Å². The molecule has 2 aromatic heterocycles. The zero-order valence-corrected chi connectivity index (χ0v) is 19.6. The predicted octanol–water partition coefficient (Wildman–Crippen LogP) is 5.88. The molecule has 1 N–H and O–H groups in total. The summed E-state index contributed by atoms with van der Waals surface area (Å²) in [5, 5.41) is 12.2. The fraction of sp³-hybridized carbons (Fsp3) is 0.385. The third-order valence-electron chi connectivity index (χ3n) is 6.65. The van der Waals surface area contributed by atoms with Crippen molar-refractivity contribution in [3.8, 4) is 16.3 Å². The van der Waals surface area contributed by atoms with Gasteiger partial charge in [0.2, 0.25) is 5.43 Å². The second-order valence-corrected chi connectivity index (χ2v) is 9.93. The lowest BCUT2D eigenvalue weighted by Crippen LogP contribution is -2.32. The van der Waals surface area contributed by atoms with E-state index in [1.807, 2.05) is 38.1 Å². The molecule has 5 rings (SSSR count). The standard InChI is InChI=1S/C26H28N2O3S/c1-4-17-13-18-24(30)22(26-27-20-7-5-6-8-21(20)32-26)16(3)31-25(18)19(23(17)29)14-28-11-9-15(2)10-12-28/h5-8,13,15,29H,4,9-12,14H2,1-3H3. The maximum absolute atomic E-state index is 13.7. The van der Waals surface area contributed by atoms with Gasteiger partial charge in [-0.05, 0) is 69.0 Å². The van der Waals surface area contributed by atoms with Gasteiger partial charge in [0.15, 0.2) is 0 Å². The summed E-state index contributed by atoms with van der Waals surface area (Å²) >= 11 is 1.50. The second-order valence-electron chi connectivity index (χ2n) is 8.90. The Kier molecular flexibility index (Phi) is 5.51. The number of likely N-dealkylation sites (tertiary alicyclic amines) is 1. The van der Waals surface area contributed by atoms with Crippen LogP contribution < -0.4 is 5.43 Å². The summed E-state index contributed by atoms with van der Waals surface area (Å²) in [5.74, 6) is 1.53. The average Bonchev–Trinajstić information content (AvgIpc) is 3.21. The number of para-hydroxylation sites is 1. The molecule has 4 aromatic rings. The van der Waals surface area contributed by atoms with E-state index in [2.05, 4.69) is 11.8 Å². The quantitative estimate of drug-likeness (QED) is 0.422. The molecule has 0 radical (unpaired) electrons. The highest BCUT2D eigenvalue weighted by Crippen LogP contribution is 2.36. The maximum atomic E-state index is 13.7. The van der Waals surface area contributed by atoms with Crippen LogP contribution in [0.4, 0.5) is 0 Å². The average molecular weight is 449 g/mol. The van der Waals surface area contributed by atoms with Gasteiger partial charge >= 0.3 is 0 Å². The molecule has 0 spiro atoms. The maximum Gasteiger partial charge on any atom is 0.203 e. The van der Waals surface area contributed by atoms with Gasteiger partial charge in [-0.3, -0.25) is 9.69 Å². The van der Waals surface area contributed by atoms with Crippen LogP contribution in [0.25, 0.3) is 31.8 Å². The number of aromatic nitrogens is 1. The molecule has 0 amide bonds. The SMILES string of the molecule is CCc1cc2c(=O)c(-c3nc4ccccc4s3)c(C)oc2c(CN2CCC(C)CC2)c1O. The van der Waals surface area contributed by atoms with Crippen LogP contribution in [0.15, 0.2) is 39.5 Å². The van der Waals surface area contributed by atoms with Gasteiger partial charge in [-0.2, -0.15) is 0 Å². The highest BCUT2D eigenvalue weighted by Gasteiger charge is 2.24. The predicted molar refractivity (Wildman–Crippen MR) is 131 cm³/mol. The van der Waals surface area contributed by atoms with E-state index in [1.54, 1.807) is 6.07 Å². The Balaban J connectivity index is 1.68. The van der Waals surface area contributed by atoms with Crippen molar-refractivity contribution in [2.75, 3.05) is 13.1 Å². The van der Waals surface area contributed by atoms with Crippen molar-refractivity contribution in [2.24, 2.45) is 5.92 Å². The van der Waals surface area contributed by atoms with Crippen molar-refractivity contribution < 1.29 is 9.52 Å². The number of phenols is 1. The molecule has 32 heavy (non-hydrogen) atoms. The van der Waals surface area contributed by atoms with E-state index in [-0.39, 0.29) is 11.2 Å². The van der Waals surface area contributed by atoms with E-state index < -0.39 is 0 Å². The number of rotatable bonds is 4. The number of piperidine rings is 1. The number of benzene rings is 2. The van der Waals surface area contributed by atoms with Gasteiger partial charge < -0.3 is 9.52 Å². The topological polar surface area (TPSA) is 66.6 Å². The molecule has 166 valence electrons. The zero-order chi connectivity index (χ0) is 22.4. The van der Waals surface area contributed by atoms with Crippen molar-refractivity contribution in [3.63, 3.8) is 0 Å². The summed E-state index contributed by atoms with van der Waals surface area (Å²) in [5.41, 5.74) is 3.33. The molecule has 6 heteroatoms. The monoisotopic (exact) mass is 448 g/mol. The summed E-state index contributed by atoms with van der Waals surface area (Å²) in [6.07, 6.45) is 2.95. The fourth-order valence-corrected chi connectivity index (χ4v) is 5.70. The molecular formula is C26H28N2O3S. The number of phenolic OH excluding ortho intramolecular Hbond substituents is 1. The molecule has 1 saturated heterocycles. The van der Waals surface area contributed by atoms with Gasteiger partial charge in [-0.15, -0.1) is 11.3 Å². The van der Waals surface area contributed by atoms with Crippen LogP contribution in [0.1, 0.15) is 43.6 Å². The molecule has 1 aliphatic heterocycles. The van der Waals surface area contributed by atoms with Crippen LogP contribution in [-0.2, 0) is 13.0 Å². The fourth-order valence-electron chi connectivity index (χ4n) is 4.64. The Labute approximate surface area is 191 Å². The highest BCUT2D eigenvalue weighted by atomic mass is 32.1. The molecule has 5 nitrogen and oxygen atoms in total. The Morgan fingerprint density at radius 2 is 2.00 bits per heavy atom. The Morgan fingerprint density at radius 1 is 1.25 bits per heavy atom. The largest absolute Gasteiger partial charge is 0.507 e. The minimum absolute atomic E-state index is 0.0778. The van der Waals surface area contributed by atoms with Gasteiger partial charge in [-0.1, -0.05) is 26.0 Å². The first kappa shape index (κ1) is 21.2. The smallest absolute Gasteiger partial charge is 0.203 e. The molecule has 2 aromatic carbocycles. The Bertz CT molecular complexity index is 1330. The van der Waals surface area contributed by atoms with Crippen molar-refractivity contribution in [1.29, 1.82) is 0 Å². The minimum Gasteiger partial charge on any atom is -0.507 e. The number of hydrogen-bond donors (Lipinski definition) is 1. The van der Waals surface area contributed by atoms with Crippen LogP contribution in [-0.4, -0.2) is 28.1 Å². The van der Waals surface area contributed by atoms with Gasteiger partial charge in [0.05, 0.1) is 26.7 Å². The number of hydrogen-bond acceptors (Lipinski definition) is 6. The first-order valence-electron chi connectivity index (χ1n) is 11.4. The summed E-state index contributed by atoms with van der Waals surface area (Å²) in [6, 6.07) is 9.70. The summed E-state index contributed by atoms with van der Waals surface area (Å²) in [7, 11) is 0. The summed E-state index contributed by atoms with van der Waals surface area (Å²) < 4.78 is 7.32. The van der Waals surface area contributed by atoms with E-state index in [9.17, 15) is 9.90 Å². The van der Waals surface area contributed by atoms with E-state index in [1.165, 1.54) is 11.3 Å². The normalized spacial score (nSPS) is 15.7. The van der Waals surface area contributed by atoms with Gasteiger partial charge in [0, 0.05) is 6.54 Å². The number of fused-ring (bicyclic) bond motifs is 2. The third kappa shape index (κ3) is 3.61. The summed E-state index contributed by atoms with van der Waals surface area (Å²) in [6.45, 7) is 8.67. The summed E-state index contributed by atoms with van der Waals surface area (Å²) in [4.78, 5) is 20.8. The number of nitrogens with zero attached hydrogens (tertiary/aromatic N) is 2. The van der Waals surface area contributed by atoms with Crippen LogP contribution >= 0.6 is 11.3 Å². The Morgan fingerprint density at radius 3 is 2.72 bits per heavy atom. The first-order valence-corrected chi connectivity index (χ1v) is 12.2.